The monoisotopic (exact) mass is 293 g/mol. The molecule has 2 N–H and O–H groups in total. The predicted molar refractivity (Wildman–Crippen MR) is 80.9 cm³/mol. The highest BCUT2D eigenvalue weighted by Gasteiger charge is 2.36. The third-order valence-electron chi connectivity index (χ3n) is 4.62. The third kappa shape index (κ3) is 3.62. The van der Waals surface area contributed by atoms with Gasteiger partial charge in [0.1, 0.15) is 5.78 Å². The number of ether oxygens (including phenoxy) is 1. The molecule has 21 heavy (non-hydrogen) atoms. The number of carbonyl (C=O) groups excluding carboxylic acids is 1. The summed E-state index contributed by atoms with van der Waals surface area (Å²) in [5, 5.41) is 0. The van der Waals surface area contributed by atoms with Gasteiger partial charge in [0.2, 0.25) is 0 Å². The maximum absolute atomic E-state index is 13.7. The lowest BCUT2D eigenvalue weighted by Crippen LogP contribution is -2.39. The third-order valence-corrected chi connectivity index (χ3v) is 4.62. The number of halogens is 1. The molecule has 1 saturated carbocycles. The van der Waals surface area contributed by atoms with E-state index in [2.05, 4.69) is 0 Å². The summed E-state index contributed by atoms with van der Waals surface area (Å²) in [5.41, 5.74) is 6.20. The zero-order valence-electron chi connectivity index (χ0n) is 12.7. The molecule has 0 heterocycles. The summed E-state index contributed by atoms with van der Waals surface area (Å²) < 4.78 is 18.6. The van der Waals surface area contributed by atoms with Crippen molar-refractivity contribution in [1.29, 1.82) is 0 Å². The number of benzene rings is 1. The summed E-state index contributed by atoms with van der Waals surface area (Å²) in [4.78, 5) is 12.7. The van der Waals surface area contributed by atoms with Crippen molar-refractivity contribution in [3.05, 3.63) is 29.6 Å². The molecule has 116 valence electrons. The fourth-order valence-electron chi connectivity index (χ4n) is 3.19. The normalized spacial score (nSPS) is 18.0. The van der Waals surface area contributed by atoms with Crippen molar-refractivity contribution in [3.8, 4) is 5.75 Å². The number of rotatable bonds is 5. The van der Waals surface area contributed by atoms with E-state index < -0.39 is 11.2 Å². The fraction of sp³-hybridized carbons (Fsp3) is 0.588. The van der Waals surface area contributed by atoms with E-state index in [1.165, 1.54) is 26.0 Å². The summed E-state index contributed by atoms with van der Waals surface area (Å²) in [6.45, 7) is 0.393. The Bertz CT molecular complexity index is 494. The van der Waals surface area contributed by atoms with E-state index in [1.807, 2.05) is 0 Å². The van der Waals surface area contributed by atoms with Gasteiger partial charge in [-0.2, -0.15) is 0 Å². The lowest BCUT2D eigenvalue weighted by atomic mass is 9.75. The van der Waals surface area contributed by atoms with E-state index in [1.54, 1.807) is 12.1 Å². The molecule has 0 atom stereocenters. The number of carbonyl (C=O) groups is 1. The zero-order valence-corrected chi connectivity index (χ0v) is 12.7. The molecule has 1 aromatic carbocycles. The predicted octanol–water partition coefficient (Wildman–Crippen LogP) is 3.25. The number of ketones is 1. The molecule has 4 heteroatoms. The van der Waals surface area contributed by atoms with E-state index in [4.69, 9.17) is 10.5 Å². The summed E-state index contributed by atoms with van der Waals surface area (Å²) >= 11 is 0. The van der Waals surface area contributed by atoms with Gasteiger partial charge in [0.15, 0.2) is 11.6 Å². The molecule has 1 fully saturated rings. The van der Waals surface area contributed by atoms with Crippen LogP contribution < -0.4 is 10.5 Å². The van der Waals surface area contributed by atoms with Crippen molar-refractivity contribution >= 4 is 5.78 Å². The van der Waals surface area contributed by atoms with E-state index in [0.29, 0.717) is 12.1 Å². The van der Waals surface area contributed by atoms with Crippen LogP contribution in [0.1, 0.15) is 44.1 Å². The molecule has 1 aromatic rings. The maximum atomic E-state index is 13.7. The molecule has 2 rings (SSSR count). The second-order valence-electron chi connectivity index (χ2n) is 5.97. The topological polar surface area (TPSA) is 52.3 Å². The molecule has 0 spiro atoms. The average molecular weight is 293 g/mol. The molecule has 0 bridgehead atoms. The molecular formula is C17H24FNO2. The van der Waals surface area contributed by atoms with Crippen LogP contribution in [-0.4, -0.2) is 19.4 Å². The van der Waals surface area contributed by atoms with Gasteiger partial charge < -0.3 is 10.5 Å². The Hall–Kier alpha value is -1.42. The lowest BCUT2D eigenvalue weighted by Gasteiger charge is -2.29. The zero-order chi connectivity index (χ0) is 15.3. The highest BCUT2D eigenvalue weighted by molar-refractivity contribution is 5.87. The Kier molecular flexibility index (Phi) is 5.34. The first-order chi connectivity index (χ1) is 10.1. The number of hydrogen-bond acceptors (Lipinski definition) is 3. The van der Waals surface area contributed by atoms with Gasteiger partial charge in [0.25, 0.3) is 0 Å². The van der Waals surface area contributed by atoms with Gasteiger partial charge in [-0.05, 0) is 30.5 Å². The van der Waals surface area contributed by atoms with Gasteiger partial charge in [0.05, 0.1) is 7.11 Å². The van der Waals surface area contributed by atoms with Crippen molar-refractivity contribution in [1.82, 2.24) is 0 Å². The van der Waals surface area contributed by atoms with Crippen LogP contribution in [0.2, 0.25) is 0 Å². The van der Waals surface area contributed by atoms with Crippen LogP contribution in [0, 0.1) is 11.2 Å². The number of Topliss-reactive ketones (excluding diaryl/α,β-unsaturated/α-hetero) is 1. The van der Waals surface area contributed by atoms with Gasteiger partial charge in [-0.1, -0.05) is 31.7 Å². The second kappa shape index (κ2) is 7.03. The largest absolute Gasteiger partial charge is 0.494 e. The minimum absolute atomic E-state index is 0.150. The van der Waals surface area contributed by atoms with Crippen LogP contribution in [0.15, 0.2) is 18.2 Å². The molecular weight excluding hydrogens is 269 g/mol. The number of nitrogens with two attached hydrogens (primary N) is 1. The second-order valence-corrected chi connectivity index (χ2v) is 5.97. The highest BCUT2D eigenvalue weighted by atomic mass is 19.1. The molecule has 0 radical (unpaired) electrons. The van der Waals surface area contributed by atoms with Crippen LogP contribution in [0.5, 0.6) is 5.75 Å². The SMILES string of the molecule is COc1ccc(CC(=O)C2(CN)CCCCCC2)cc1F. The average Bonchev–Trinajstić information content (AvgIpc) is 2.74. The Morgan fingerprint density at radius 3 is 2.48 bits per heavy atom. The first-order valence-electron chi connectivity index (χ1n) is 7.67. The Morgan fingerprint density at radius 1 is 1.29 bits per heavy atom. The highest BCUT2D eigenvalue weighted by Crippen LogP contribution is 2.36. The van der Waals surface area contributed by atoms with Gasteiger partial charge in [-0.3, -0.25) is 4.79 Å². The summed E-state index contributed by atoms with van der Waals surface area (Å²) in [6, 6.07) is 4.71. The van der Waals surface area contributed by atoms with Gasteiger partial charge in [-0.25, -0.2) is 4.39 Å². The summed E-state index contributed by atoms with van der Waals surface area (Å²) in [5.74, 6) is -0.0730. The Labute approximate surface area is 125 Å². The molecule has 1 aliphatic rings. The summed E-state index contributed by atoms with van der Waals surface area (Å²) in [6.07, 6.45) is 6.43. The van der Waals surface area contributed by atoms with Crippen molar-refractivity contribution in [2.24, 2.45) is 11.1 Å². The fourth-order valence-corrected chi connectivity index (χ4v) is 3.19. The lowest BCUT2D eigenvalue weighted by molar-refractivity contribution is -0.128. The van der Waals surface area contributed by atoms with Crippen LogP contribution in [0.3, 0.4) is 0 Å². The standard InChI is InChI=1S/C17H24FNO2/c1-21-15-7-6-13(10-14(15)18)11-16(20)17(12-19)8-4-2-3-5-9-17/h6-7,10H,2-5,8-9,11-12,19H2,1H3. The molecule has 3 nitrogen and oxygen atoms in total. The number of hydrogen-bond donors (Lipinski definition) is 1. The molecule has 0 unspecified atom stereocenters. The van der Waals surface area contributed by atoms with Gasteiger partial charge in [-0.15, -0.1) is 0 Å². The van der Waals surface area contributed by atoms with E-state index in [-0.39, 0.29) is 18.0 Å². The van der Waals surface area contributed by atoms with Crippen molar-refractivity contribution in [2.75, 3.05) is 13.7 Å². The van der Waals surface area contributed by atoms with Crippen molar-refractivity contribution < 1.29 is 13.9 Å². The molecule has 1 aliphatic carbocycles. The first kappa shape index (κ1) is 16.0. The number of methoxy groups -OCH3 is 1. The molecule has 0 saturated heterocycles. The van der Waals surface area contributed by atoms with Gasteiger partial charge >= 0.3 is 0 Å². The quantitative estimate of drug-likeness (QED) is 0.848. The van der Waals surface area contributed by atoms with E-state index >= 15 is 0 Å². The molecule has 0 aromatic heterocycles. The maximum Gasteiger partial charge on any atom is 0.165 e. The van der Waals surface area contributed by atoms with Crippen molar-refractivity contribution in [3.63, 3.8) is 0 Å². The Morgan fingerprint density at radius 2 is 1.95 bits per heavy atom. The molecule has 0 amide bonds. The minimum Gasteiger partial charge on any atom is -0.494 e. The first-order valence-corrected chi connectivity index (χ1v) is 7.67. The van der Waals surface area contributed by atoms with Crippen LogP contribution in [0.4, 0.5) is 4.39 Å². The van der Waals surface area contributed by atoms with E-state index in [9.17, 15) is 9.18 Å². The van der Waals surface area contributed by atoms with Gasteiger partial charge in [0, 0.05) is 18.4 Å². The van der Waals surface area contributed by atoms with Crippen LogP contribution >= 0.6 is 0 Å². The van der Waals surface area contributed by atoms with Crippen LogP contribution in [-0.2, 0) is 11.2 Å². The van der Waals surface area contributed by atoms with Crippen LogP contribution in [0.25, 0.3) is 0 Å². The molecule has 0 aliphatic heterocycles. The van der Waals surface area contributed by atoms with Crippen molar-refractivity contribution in [2.45, 2.75) is 44.9 Å². The smallest absolute Gasteiger partial charge is 0.165 e. The Balaban J connectivity index is 2.13. The van der Waals surface area contributed by atoms with E-state index in [0.717, 1.165) is 25.7 Å². The summed E-state index contributed by atoms with van der Waals surface area (Å²) in [7, 11) is 1.43. The minimum atomic E-state index is -0.425.